The fourth-order valence-corrected chi connectivity index (χ4v) is 0.178. The lowest BCUT2D eigenvalue weighted by molar-refractivity contribution is -0.110. The topological polar surface area (TPSA) is 40.9 Å². The van der Waals surface area contributed by atoms with Gasteiger partial charge < -0.3 is 0 Å². The first-order valence-electron chi connectivity index (χ1n) is 1.98. The van der Waals surface area contributed by atoms with E-state index in [4.69, 9.17) is 5.26 Å². The predicted octanol–water partition coefficient (Wildman–Crippen LogP) is 0.821. The highest BCUT2D eigenvalue weighted by molar-refractivity contribution is 6.05. The monoisotopic (exact) mass is 107 g/mol. The molecule has 0 aliphatic heterocycles. The molecule has 0 aliphatic carbocycles. The second-order valence-corrected chi connectivity index (χ2v) is 1.16. The van der Waals surface area contributed by atoms with Gasteiger partial charge in [0, 0.05) is 0 Å². The van der Waals surface area contributed by atoms with Crippen LogP contribution in [0.25, 0.3) is 0 Å². The molecule has 0 aromatic carbocycles. The predicted molar refractivity (Wildman–Crippen MR) is 30.0 cm³/mol. The van der Waals surface area contributed by atoms with E-state index in [9.17, 15) is 4.79 Å². The van der Waals surface area contributed by atoms with Gasteiger partial charge in [-0.2, -0.15) is 5.26 Å². The van der Waals surface area contributed by atoms with E-state index in [-0.39, 0.29) is 5.57 Å². The molecular weight excluding hydrogens is 102 g/mol. The van der Waals surface area contributed by atoms with Crippen molar-refractivity contribution in [2.45, 2.75) is 0 Å². The molecule has 0 bridgehead atoms. The Morgan fingerprint density at radius 1 is 1.75 bits per heavy atom. The van der Waals surface area contributed by atoms with Crippen molar-refractivity contribution in [1.29, 1.82) is 5.26 Å². The van der Waals surface area contributed by atoms with E-state index in [1.165, 1.54) is 0 Å². The molecule has 0 unspecified atom stereocenters. The highest BCUT2D eigenvalue weighted by atomic mass is 16.1. The smallest absolute Gasteiger partial charge is 0.195 e. The molecule has 2 nitrogen and oxygen atoms in total. The number of carbonyl (C=O) groups is 1. The van der Waals surface area contributed by atoms with Crippen LogP contribution in [0.3, 0.4) is 0 Å². The second-order valence-electron chi connectivity index (χ2n) is 1.16. The lowest BCUT2D eigenvalue weighted by Gasteiger charge is -1.80. The Hall–Kier alpha value is -1.36. The van der Waals surface area contributed by atoms with Crippen molar-refractivity contribution in [2.75, 3.05) is 0 Å². The van der Waals surface area contributed by atoms with Crippen molar-refractivity contribution >= 4 is 5.78 Å². The number of ketones is 1. The third kappa shape index (κ3) is 1.39. The maximum absolute atomic E-state index is 10.3. The van der Waals surface area contributed by atoms with Crippen molar-refractivity contribution in [3.8, 4) is 6.07 Å². The number of carbonyl (C=O) groups excluding carboxylic acids is 1. The third-order valence-electron chi connectivity index (χ3n) is 0.618. The molecule has 0 aliphatic rings. The first-order chi connectivity index (χ1) is 3.72. The highest BCUT2D eigenvalue weighted by Crippen LogP contribution is 1.87. The zero-order valence-corrected chi connectivity index (χ0v) is 4.35. The maximum atomic E-state index is 10.3. The number of hydrogen-bond acceptors (Lipinski definition) is 2. The van der Waals surface area contributed by atoms with E-state index >= 15 is 0 Å². The van der Waals surface area contributed by atoms with Gasteiger partial charge in [0.2, 0.25) is 0 Å². The van der Waals surface area contributed by atoms with Gasteiger partial charge in [0.1, 0.15) is 6.07 Å². The second kappa shape index (κ2) is 2.75. The molecule has 0 saturated carbocycles. The Balaban J connectivity index is 4.09. The van der Waals surface area contributed by atoms with Crippen molar-refractivity contribution in [3.05, 3.63) is 24.8 Å². The molecule has 0 atom stereocenters. The van der Waals surface area contributed by atoms with Crippen molar-refractivity contribution in [2.24, 2.45) is 0 Å². The summed E-state index contributed by atoms with van der Waals surface area (Å²) in [6.45, 7) is 6.33. The van der Waals surface area contributed by atoms with Crippen LogP contribution in [0.2, 0.25) is 0 Å². The average Bonchev–Trinajstić information content (AvgIpc) is 1.84. The van der Waals surface area contributed by atoms with Crippen molar-refractivity contribution in [1.82, 2.24) is 0 Å². The molecule has 40 valence electrons. The number of hydrogen-bond donors (Lipinski definition) is 0. The van der Waals surface area contributed by atoms with Gasteiger partial charge in [-0.25, -0.2) is 0 Å². The molecule has 0 radical (unpaired) electrons. The van der Waals surface area contributed by atoms with Gasteiger partial charge in [-0.3, -0.25) is 4.79 Å². The van der Waals surface area contributed by atoms with Gasteiger partial charge >= 0.3 is 0 Å². The highest BCUT2D eigenvalue weighted by Gasteiger charge is 1.96. The Bertz CT molecular complexity index is 173. The Kier molecular flexibility index (Phi) is 2.29. The van der Waals surface area contributed by atoms with Crippen LogP contribution in [0.5, 0.6) is 0 Å². The molecular formula is C6H5NO. The molecule has 0 N–H and O–H groups in total. The van der Waals surface area contributed by atoms with E-state index < -0.39 is 5.78 Å². The summed E-state index contributed by atoms with van der Waals surface area (Å²) in [5, 5.41) is 8.02. The van der Waals surface area contributed by atoms with Crippen molar-refractivity contribution < 1.29 is 4.79 Å². The standard InChI is InChI=1S/C6H5NO/c1-3-6(8)5(2)4-7/h3H,1-2H2. The molecule has 0 aromatic heterocycles. The molecule has 0 fully saturated rings. The van der Waals surface area contributed by atoms with Crippen LogP contribution in [0.1, 0.15) is 0 Å². The molecule has 8 heavy (non-hydrogen) atoms. The van der Waals surface area contributed by atoms with Crippen LogP contribution < -0.4 is 0 Å². The molecule has 0 heterocycles. The Morgan fingerprint density at radius 2 is 2.25 bits per heavy atom. The Morgan fingerprint density at radius 3 is 2.38 bits per heavy atom. The van der Waals surface area contributed by atoms with E-state index in [2.05, 4.69) is 13.2 Å². The zero-order valence-electron chi connectivity index (χ0n) is 4.35. The van der Waals surface area contributed by atoms with Gasteiger partial charge in [0.05, 0.1) is 5.57 Å². The summed E-state index contributed by atoms with van der Waals surface area (Å²) in [7, 11) is 0. The number of rotatable bonds is 2. The summed E-state index contributed by atoms with van der Waals surface area (Å²) in [5.74, 6) is -0.410. The maximum Gasteiger partial charge on any atom is 0.195 e. The molecule has 0 rings (SSSR count). The SMILES string of the molecule is C=CC(=O)C(=C)C#N. The molecule has 0 spiro atoms. The number of nitriles is 1. The lowest BCUT2D eigenvalue weighted by Crippen LogP contribution is -1.91. The summed E-state index contributed by atoms with van der Waals surface area (Å²) in [6, 6.07) is 1.60. The van der Waals surface area contributed by atoms with E-state index in [1.807, 2.05) is 0 Å². The molecule has 0 saturated heterocycles. The third-order valence-corrected chi connectivity index (χ3v) is 0.618. The van der Waals surface area contributed by atoms with Crippen LogP contribution in [-0.4, -0.2) is 5.78 Å². The van der Waals surface area contributed by atoms with Gasteiger partial charge in [-0.1, -0.05) is 13.2 Å². The average molecular weight is 107 g/mol. The van der Waals surface area contributed by atoms with Crippen LogP contribution in [0.4, 0.5) is 0 Å². The summed E-state index contributed by atoms with van der Waals surface area (Å²) in [5.41, 5.74) is -0.0694. The first kappa shape index (κ1) is 6.64. The van der Waals surface area contributed by atoms with Gasteiger partial charge in [0.25, 0.3) is 0 Å². The fourth-order valence-electron chi connectivity index (χ4n) is 0.178. The lowest BCUT2D eigenvalue weighted by atomic mass is 10.2. The summed E-state index contributed by atoms with van der Waals surface area (Å²) in [4.78, 5) is 10.3. The van der Waals surface area contributed by atoms with E-state index in [0.29, 0.717) is 0 Å². The van der Waals surface area contributed by atoms with E-state index in [1.54, 1.807) is 6.07 Å². The summed E-state index contributed by atoms with van der Waals surface area (Å²) in [6.07, 6.45) is 1.06. The van der Waals surface area contributed by atoms with Gasteiger partial charge in [0.15, 0.2) is 5.78 Å². The van der Waals surface area contributed by atoms with E-state index in [0.717, 1.165) is 6.08 Å². The quantitative estimate of drug-likeness (QED) is 0.387. The summed E-state index contributed by atoms with van der Waals surface area (Å²) < 4.78 is 0. The van der Waals surface area contributed by atoms with Crippen LogP contribution in [0.15, 0.2) is 24.8 Å². The number of nitrogens with zero attached hydrogens (tertiary/aromatic N) is 1. The van der Waals surface area contributed by atoms with Gasteiger partial charge in [-0.15, -0.1) is 0 Å². The fraction of sp³-hybridized carbons (Fsp3) is 0. The normalized spacial score (nSPS) is 6.88. The minimum absolute atomic E-state index is 0.0694. The molecule has 0 aromatic rings. The van der Waals surface area contributed by atoms with Crippen LogP contribution in [-0.2, 0) is 4.79 Å². The van der Waals surface area contributed by atoms with Crippen LogP contribution in [0, 0.1) is 11.3 Å². The summed E-state index contributed by atoms with van der Waals surface area (Å²) >= 11 is 0. The first-order valence-corrected chi connectivity index (χ1v) is 1.98. The van der Waals surface area contributed by atoms with Gasteiger partial charge in [-0.05, 0) is 6.08 Å². The largest absolute Gasteiger partial charge is 0.289 e. The van der Waals surface area contributed by atoms with Crippen molar-refractivity contribution in [3.63, 3.8) is 0 Å². The molecule has 0 amide bonds. The zero-order chi connectivity index (χ0) is 6.57. The number of allylic oxidation sites excluding steroid dienone is 2. The molecule has 2 heteroatoms. The minimum Gasteiger partial charge on any atom is -0.289 e. The Labute approximate surface area is 47.7 Å². The van der Waals surface area contributed by atoms with Crippen LogP contribution >= 0.6 is 0 Å². The minimum atomic E-state index is -0.410.